The van der Waals surface area contributed by atoms with Gasteiger partial charge in [0.15, 0.2) is 0 Å². The normalized spacial score (nSPS) is 26.1. The SMILES string of the molecule is COC(=O)[C@@]12CC[C@@H]([C@H](OC(=O)[C@](OC)(c3ccccc3)C(F)(F)F)C1)N2C(=O)OC(C)(C)C. The molecule has 2 saturated heterocycles. The maximum Gasteiger partial charge on any atom is 0.432 e. The number of carbonyl (C=O) groups excluding carboxylic acids is 3. The summed E-state index contributed by atoms with van der Waals surface area (Å²) in [6.07, 6.45) is -7.00. The number of benzene rings is 1. The van der Waals surface area contributed by atoms with E-state index in [0.29, 0.717) is 0 Å². The third-order valence-electron chi connectivity index (χ3n) is 6.20. The van der Waals surface area contributed by atoms with Crippen LogP contribution in [0, 0.1) is 0 Å². The van der Waals surface area contributed by atoms with Gasteiger partial charge in [-0.2, -0.15) is 13.2 Å². The van der Waals surface area contributed by atoms with Gasteiger partial charge in [0.1, 0.15) is 17.2 Å². The maximum atomic E-state index is 14.2. The predicted molar refractivity (Wildman–Crippen MR) is 112 cm³/mol. The van der Waals surface area contributed by atoms with Crippen LogP contribution in [0.1, 0.15) is 45.6 Å². The molecule has 1 amide bonds. The highest BCUT2D eigenvalue weighted by Gasteiger charge is 2.68. The van der Waals surface area contributed by atoms with Crippen molar-refractivity contribution in [3.63, 3.8) is 0 Å². The Balaban J connectivity index is 1.97. The molecule has 34 heavy (non-hydrogen) atoms. The first-order valence-corrected chi connectivity index (χ1v) is 10.7. The van der Waals surface area contributed by atoms with Gasteiger partial charge < -0.3 is 18.9 Å². The lowest BCUT2D eigenvalue weighted by atomic mass is 9.85. The van der Waals surface area contributed by atoms with Crippen LogP contribution in [0.4, 0.5) is 18.0 Å². The third kappa shape index (κ3) is 4.10. The molecule has 0 aromatic heterocycles. The van der Waals surface area contributed by atoms with Crippen molar-refractivity contribution in [3.05, 3.63) is 35.9 Å². The molecular weight excluding hydrogens is 459 g/mol. The van der Waals surface area contributed by atoms with E-state index in [1.165, 1.54) is 18.2 Å². The van der Waals surface area contributed by atoms with E-state index in [1.807, 2.05) is 0 Å². The fourth-order valence-electron chi connectivity index (χ4n) is 4.80. The fraction of sp³-hybridized carbons (Fsp3) is 0.609. The Bertz CT molecular complexity index is 946. The molecule has 0 aliphatic carbocycles. The van der Waals surface area contributed by atoms with Crippen LogP contribution >= 0.6 is 0 Å². The number of nitrogens with zero attached hydrogens (tertiary/aromatic N) is 1. The number of carbonyl (C=O) groups is 3. The van der Waals surface area contributed by atoms with E-state index >= 15 is 0 Å². The minimum absolute atomic E-state index is 0.199. The van der Waals surface area contributed by atoms with Crippen LogP contribution in [0.3, 0.4) is 0 Å². The van der Waals surface area contributed by atoms with Gasteiger partial charge in [-0.1, -0.05) is 30.3 Å². The molecule has 0 radical (unpaired) electrons. The van der Waals surface area contributed by atoms with Gasteiger partial charge in [-0.3, -0.25) is 4.90 Å². The molecule has 0 N–H and O–H groups in total. The number of fused-ring (bicyclic) bond motifs is 2. The standard InChI is InChI=1S/C23H28F3NO7/c1-20(2,3)34-19(30)27-15-11-12-21(27,17(28)31-4)13-16(15)33-18(29)22(32-5,23(24,25)26)14-9-7-6-8-10-14/h6-10,15-16H,11-13H2,1-5H3/t15-,16+,21+,22+/m0/s1. The molecule has 0 spiro atoms. The Hall–Kier alpha value is -2.82. The van der Waals surface area contributed by atoms with Crippen LogP contribution in [-0.4, -0.2) is 66.6 Å². The van der Waals surface area contributed by atoms with E-state index in [-0.39, 0.29) is 19.3 Å². The molecule has 0 saturated carbocycles. The number of rotatable bonds is 5. The van der Waals surface area contributed by atoms with E-state index in [9.17, 15) is 27.6 Å². The summed E-state index contributed by atoms with van der Waals surface area (Å²) in [6.45, 7) is 4.92. The first kappa shape index (κ1) is 25.8. The van der Waals surface area contributed by atoms with Gasteiger partial charge in [-0.25, -0.2) is 14.4 Å². The number of esters is 2. The smallest absolute Gasteiger partial charge is 0.432 e. The average Bonchev–Trinajstić information content (AvgIpc) is 3.27. The van der Waals surface area contributed by atoms with Crippen LogP contribution in [0.15, 0.2) is 30.3 Å². The molecule has 4 atom stereocenters. The number of halogens is 3. The summed E-state index contributed by atoms with van der Waals surface area (Å²) in [6, 6.07) is 5.55. The molecular formula is C23H28F3NO7. The van der Waals surface area contributed by atoms with Crippen LogP contribution in [0.25, 0.3) is 0 Å². The molecule has 2 heterocycles. The Morgan fingerprint density at radius 2 is 1.68 bits per heavy atom. The highest BCUT2D eigenvalue weighted by atomic mass is 19.4. The molecule has 11 heteroatoms. The number of ether oxygens (including phenoxy) is 4. The number of hydrogen-bond acceptors (Lipinski definition) is 7. The molecule has 2 aliphatic rings. The molecule has 3 rings (SSSR count). The predicted octanol–water partition coefficient (Wildman–Crippen LogP) is 3.72. The lowest BCUT2D eigenvalue weighted by Gasteiger charge is -2.34. The van der Waals surface area contributed by atoms with Crippen molar-refractivity contribution in [1.29, 1.82) is 0 Å². The summed E-state index contributed by atoms with van der Waals surface area (Å²) in [5.74, 6) is -2.44. The van der Waals surface area contributed by atoms with Gasteiger partial charge in [-0.15, -0.1) is 0 Å². The second-order valence-corrected chi connectivity index (χ2v) is 9.38. The zero-order chi connectivity index (χ0) is 25.5. The summed E-state index contributed by atoms with van der Waals surface area (Å²) in [4.78, 5) is 39.9. The van der Waals surface area contributed by atoms with Gasteiger partial charge in [-0.05, 0) is 33.6 Å². The van der Waals surface area contributed by atoms with E-state index < -0.39 is 58.7 Å². The van der Waals surface area contributed by atoms with Gasteiger partial charge in [0, 0.05) is 19.1 Å². The third-order valence-corrected chi connectivity index (χ3v) is 6.20. The van der Waals surface area contributed by atoms with E-state index in [2.05, 4.69) is 0 Å². The number of hydrogen-bond donors (Lipinski definition) is 0. The van der Waals surface area contributed by atoms with Crippen molar-refractivity contribution in [1.82, 2.24) is 4.90 Å². The second-order valence-electron chi connectivity index (χ2n) is 9.38. The molecule has 8 nitrogen and oxygen atoms in total. The van der Waals surface area contributed by atoms with Crippen LogP contribution in [-0.2, 0) is 34.1 Å². The van der Waals surface area contributed by atoms with E-state index in [0.717, 1.165) is 31.3 Å². The van der Waals surface area contributed by atoms with E-state index in [1.54, 1.807) is 20.8 Å². The van der Waals surface area contributed by atoms with Crippen molar-refractivity contribution < 1.29 is 46.5 Å². The van der Waals surface area contributed by atoms with Gasteiger partial charge in [0.25, 0.3) is 5.60 Å². The Morgan fingerprint density at radius 1 is 1.06 bits per heavy atom. The summed E-state index contributed by atoms with van der Waals surface area (Å²) >= 11 is 0. The molecule has 1 aromatic carbocycles. The highest BCUT2D eigenvalue weighted by molar-refractivity contribution is 5.89. The molecule has 2 fully saturated rings. The highest BCUT2D eigenvalue weighted by Crippen LogP contribution is 2.50. The largest absolute Gasteiger partial charge is 0.467 e. The molecule has 0 unspecified atom stereocenters. The van der Waals surface area contributed by atoms with Gasteiger partial charge in [0.2, 0.25) is 0 Å². The van der Waals surface area contributed by atoms with Gasteiger partial charge in [0.05, 0.1) is 13.2 Å². The molecule has 2 aliphatic heterocycles. The minimum atomic E-state index is -5.15. The maximum absolute atomic E-state index is 14.2. The monoisotopic (exact) mass is 487 g/mol. The first-order chi connectivity index (χ1) is 15.7. The zero-order valence-electron chi connectivity index (χ0n) is 19.6. The first-order valence-electron chi connectivity index (χ1n) is 10.7. The van der Waals surface area contributed by atoms with Crippen LogP contribution in [0.2, 0.25) is 0 Å². The number of amides is 1. The molecule has 1 aromatic rings. The number of methoxy groups -OCH3 is 2. The summed E-state index contributed by atoms with van der Waals surface area (Å²) in [7, 11) is 1.91. The number of alkyl halides is 3. The summed E-state index contributed by atoms with van der Waals surface area (Å²) in [5, 5.41) is 0. The zero-order valence-corrected chi connectivity index (χ0v) is 19.6. The van der Waals surface area contributed by atoms with Crippen molar-refractivity contribution in [2.75, 3.05) is 14.2 Å². The molecule has 188 valence electrons. The lowest BCUT2D eigenvalue weighted by molar-refractivity contribution is -0.278. The van der Waals surface area contributed by atoms with Crippen molar-refractivity contribution >= 4 is 18.0 Å². The topological polar surface area (TPSA) is 91.4 Å². The van der Waals surface area contributed by atoms with Crippen molar-refractivity contribution in [3.8, 4) is 0 Å². The van der Waals surface area contributed by atoms with Gasteiger partial charge >= 0.3 is 24.2 Å². The molecule has 2 bridgehead atoms. The Labute approximate surface area is 195 Å². The van der Waals surface area contributed by atoms with Crippen molar-refractivity contribution in [2.24, 2.45) is 0 Å². The van der Waals surface area contributed by atoms with E-state index in [4.69, 9.17) is 18.9 Å². The Kier molecular flexibility index (Phi) is 6.64. The summed E-state index contributed by atoms with van der Waals surface area (Å²) in [5.41, 5.74) is -6.24. The second kappa shape index (κ2) is 8.75. The lowest BCUT2D eigenvalue weighted by Crippen LogP contribution is -2.53. The fourth-order valence-corrected chi connectivity index (χ4v) is 4.80. The minimum Gasteiger partial charge on any atom is -0.467 e. The van der Waals surface area contributed by atoms with Crippen molar-refractivity contribution in [2.45, 2.75) is 75.1 Å². The Morgan fingerprint density at radius 3 is 2.18 bits per heavy atom. The average molecular weight is 487 g/mol. The van der Waals surface area contributed by atoms with Crippen LogP contribution in [0.5, 0.6) is 0 Å². The quantitative estimate of drug-likeness (QED) is 0.462. The van der Waals surface area contributed by atoms with Crippen LogP contribution < -0.4 is 0 Å². The summed E-state index contributed by atoms with van der Waals surface area (Å²) < 4.78 is 63.2.